The van der Waals surface area contributed by atoms with E-state index in [1.165, 1.54) is 24.5 Å². The normalized spacial score (nSPS) is 25.6. The van der Waals surface area contributed by atoms with Crippen LogP contribution in [-0.4, -0.2) is 53.1 Å². The van der Waals surface area contributed by atoms with Gasteiger partial charge in [0.05, 0.1) is 12.7 Å². The molecule has 0 aromatic carbocycles. The maximum absolute atomic E-state index is 6.12. The summed E-state index contributed by atoms with van der Waals surface area (Å²) in [5, 5.41) is 2.17. The Hall–Kier alpha value is -1.27. The van der Waals surface area contributed by atoms with Gasteiger partial charge in [-0.15, -0.1) is 11.3 Å². The Morgan fingerprint density at radius 2 is 2.22 bits per heavy atom. The second kappa shape index (κ2) is 7.09. The maximum Gasteiger partial charge on any atom is 0.0736 e. The summed E-state index contributed by atoms with van der Waals surface area (Å²) in [5.41, 5.74) is 1.16. The molecule has 2 atom stereocenters. The molecule has 4 rings (SSSR count). The molecule has 4 heterocycles. The molecule has 2 fully saturated rings. The Labute approximate surface area is 141 Å². The molecule has 2 aliphatic rings. The van der Waals surface area contributed by atoms with Crippen LogP contribution in [0.3, 0.4) is 0 Å². The van der Waals surface area contributed by atoms with Crippen molar-refractivity contribution in [2.24, 2.45) is 0 Å². The first kappa shape index (κ1) is 15.3. The zero-order chi connectivity index (χ0) is 15.5. The molecule has 0 amide bonds. The molecule has 2 aliphatic heterocycles. The molecule has 4 nitrogen and oxygen atoms in total. The first-order valence-corrected chi connectivity index (χ1v) is 9.24. The average molecular weight is 329 g/mol. The minimum Gasteiger partial charge on any atom is -0.372 e. The summed E-state index contributed by atoms with van der Waals surface area (Å²) in [6.45, 7) is 6.37. The van der Waals surface area contributed by atoms with Crippen molar-refractivity contribution in [3.05, 3.63) is 52.5 Å². The van der Waals surface area contributed by atoms with Crippen molar-refractivity contribution in [1.82, 2.24) is 14.8 Å². The third kappa shape index (κ3) is 3.80. The van der Waals surface area contributed by atoms with Crippen LogP contribution in [0.5, 0.6) is 0 Å². The van der Waals surface area contributed by atoms with E-state index in [0.29, 0.717) is 18.8 Å². The van der Waals surface area contributed by atoms with Crippen LogP contribution in [0.25, 0.3) is 0 Å². The van der Waals surface area contributed by atoms with Crippen molar-refractivity contribution in [2.75, 3.05) is 26.2 Å². The highest BCUT2D eigenvalue weighted by Gasteiger charge is 2.36. The number of thiophene rings is 1. The van der Waals surface area contributed by atoms with Gasteiger partial charge < -0.3 is 4.74 Å². The van der Waals surface area contributed by atoms with Crippen LogP contribution >= 0.6 is 11.3 Å². The molecule has 0 spiro atoms. The van der Waals surface area contributed by atoms with E-state index in [0.717, 1.165) is 25.1 Å². The molecule has 5 heteroatoms. The lowest BCUT2D eigenvalue weighted by atomic mass is 10.1. The van der Waals surface area contributed by atoms with Crippen molar-refractivity contribution in [2.45, 2.75) is 31.7 Å². The molecule has 2 saturated heterocycles. The lowest BCUT2D eigenvalue weighted by Gasteiger charge is -2.37. The SMILES string of the molecule is c1cncc(CO[C@H]2C[C@@H]3CN(Cc4cccs4)CCN3C2)c1. The van der Waals surface area contributed by atoms with E-state index >= 15 is 0 Å². The zero-order valence-electron chi connectivity index (χ0n) is 13.3. The van der Waals surface area contributed by atoms with E-state index in [-0.39, 0.29) is 0 Å². The topological polar surface area (TPSA) is 28.6 Å². The van der Waals surface area contributed by atoms with Crippen molar-refractivity contribution >= 4 is 11.3 Å². The van der Waals surface area contributed by atoms with Gasteiger partial charge in [0.15, 0.2) is 0 Å². The van der Waals surface area contributed by atoms with Gasteiger partial charge in [0, 0.05) is 56.0 Å². The first-order valence-electron chi connectivity index (χ1n) is 8.36. The smallest absolute Gasteiger partial charge is 0.0736 e. The van der Waals surface area contributed by atoms with Crippen LogP contribution in [0.1, 0.15) is 16.9 Å². The van der Waals surface area contributed by atoms with Gasteiger partial charge in [-0.2, -0.15) is 0 Å². The summed E-state index contributed by atoms with van der Waals surface area (Å²) >= 11 is 1.86. The van der Waals surface area contributed by atoms with E-state index in [2.05, 4.69) is 38.4 Å². The van der Waals surface area contributed by atoms with Crippen LogP contribution in [0.15, 0.2) is 42.0 Å². The number of pyridine rings is 1. The number of hydrogen-bond donors (Lipinski definition) is 0. The third-order valence-corrected chi connectivity index (χ3v) is 5.69. The van der Waals surface area contributed by atoms with Crippen molar-refractivity contribution in [1.29, 1.82) is 0 Å². The summed E-state index contributed by atoms with van der Waals surface area (Å²) in [6.07, 6.45) is 5.22. The molecule has 0 bridgehead atoms. The number of nitrogens with zero attached hydrogens (tertiary/aromatic N) is 3. The molecule has 23 heavy (non-hydrogen) atoms. The van der Waals surface area contributed by atoms with E-state index < -0.39 is 0 Å². The highest BCUT2D eigenvalue weighted by atomic mass is 32.1. The number of aromatic nitrogens is 1. The minimum absolute atomic E-state index is 0.363. The Morgan fingerprint density at radius 1 is 1.22 bits per heavy atom. The van der Waals surface area contributed by atoms with E-state index in [1.807, 2.05) is 29.8 Å². The Morgan fingerprint density at radius 3 is 3.04 bits per heavy atom. The van der Waals surface area contributed by atoms with Gasteiger partial charge in [0.25, 0.3) is 0 Å². The van der Waals surface area contributed by atoms with Crippen LogP contribution in [0.4, 0.5) is 0 Å². The molecule has 2 aromatic heterocycles. The quantitative estimate of drug-likeness (QED) is 0.843. The van der Waals surface area contributed by atoms with Crippen molar-refractivity contribution in [3.8, 4) is 0 Å². The third-order valence-electron chi connectivity index (χ3n) is 4.83. The standard InChI is InChI=1S/C18H23N3OS/c1-3-15(10-19-5-1)14-22-17-9-16-11-20(6-7-21(16)12-17)13-18-4-2-8-23-18/h1-5,8,10,16-17H,6-7,9,11-14H2/t16-,17+/m1/s1. The fourth-order valence-electron chi connectivity index (χ4n) is 3.65. The molecule has 0 aliphatic carbocycles. The second-order valence-corrected chi connectivity index (χ2v) is 7.53. The number of fused-ring (bicyclic) bond motifs is 1. The van der Waals surface area contributed by atoms with Gasteiger partial charge in [-0.3, -0.25) is 14.8 Å². The van der Waals surface area contributed by atoms with Gasteiger partial charge >= 0.3 is 0 Å². The van der Waals surface area contributed by atoms with Gasteiger partial charge in [-0.25, -0.2) is 0 Å². The van der Waals surface area contributed by atoms with Crippen LogP contribution in [-0.2, 0) is 17.9 Å². The van der Waals surface area contributed by atoms with Crippen molar-refractivity contribution < 1.29 is 4.74 Å². The molecule has 0 saturated carbocycles. The van der Waals surface area contributed by atoms with Gasteiger partial charge in [0.2, 0.25) is 0 Å². The predicted molar refractivity (Wildman–Crippen MR) is 92.4 cm³/mol. The molecule has 0 radical (unpaired) electrons. The van der Waals surface area contributed by atoms with Crippen molar-refractivity contribution in [3.63, 3.8) is 0 Å². The van der Waals surface area contributed by atoms with Crippen LogP contribution in [0, 0.1) is 0 Å². The number of ether oxygens (including phenoxy) is 1. The largest absolute Gasteiger partial charge is 0.372 e. The lowest BCUT2D eigenvalue weighted by Crippen LogP contribution is -2.49. The highest BCUT2D eigenvalue weighted by molar-refractivity contribution is 7.09. The summed E-state index contributed by atoms with van der Waals surface area (Å²) in [5.74, 6) is 0. The number of piperazine rings is 1. The monoisotopic (exact) mass is 329 g/mol. The van der Waals surface area contributed by atoms with Crippen LogP contribution < -0.4 is 0 Å². The summed E-state index contributed by atoms with van der Waals surface area (Å²) in [6, 6.07) is 9.10. The molecular formula is C18H23N3OS. The molecule has 0 unspecified atom stereocenters. The first-order chi connectivity index (χ1) is 11.4. The summed E-state index contributed by atoms with van der Waals surface area (Å²) in [7, 11) is 0. The van der Waals surface area contributed by atoms with E-state index in [1.54, 1.807) is 0 Å². The lowest BCUT2D eigenvalue weighted by molar-refractivity contribution is 0.0457. The molecule has 122 valence electrons. The van der Waals surface area contributed by atoms with Crippen LogP contribution in [0.2, 0.25) is 0 Å². The molecular weight excluding hydrogens is 306 g/mol. The van der Waals surface area contributed by atoms with E-state index in [4.69, 9.17) is 4.74 Å². The Kier molecular flexibility index (Phi) is 4.71. The molecule has 0 N–H and O–H groups in total. The zero-order valence-corrected chi connectivity index (χ0v) is 14.1. The maximum atomic E-state index is 6.12. The van der Waals surface area contributed by atoms with Gasteiger partial charge in [-0.1, -0.05) is 12.1 Å². The van der Waals surface area contributed by atoms with Gasteiger partial charge in [0.1, 0.15) is 0 Å². The predicted octanol–water partition coefficient (Wildman–Crippen LogP) is 2.62. The Balaban J connectivity index is 1.27. The minimum atomic E-state index is 0.363. The fraction of sp³-hybridized carbons (Fsp3) is 0.500. The summed E-state index contributed by atoms with van der Waals surface area (Å²) in [4.78, 5) is 10.8. The second-order valence-electron chi connectivity index (χ2n) is 6.49. The molecule has 2 aromatic rings. The Bertz CT molecular complexity index is 604. The summed E-state index contributed by atoms with van der Waals surface area (Å²) < 4.78 is 6.12. The number of hydrogen-bond acceptors (Lipinski definition) is 5. The van der Waals surface area contributed by atoms with Gasteiger partial charge in [-0.05, 0) is 29.5 Å². The average Bonchev–Trinajstić information content (AvgIpc) is 3.23. The van der Waals surface area contributed by atoms with E-state index in [9.17, 15) is 0 Å². The number of rotatable bonds is 5. The fourth-order valence-corrected chi connectivity index (χ4v) is 4.39. The highest BCUT2D eigenvalue weighted by Crippen LogP contribution is 2.26.